The lowest BCUT2D eigenvalue weighted by atomic mass is 10.2. The van der Waals surface area contributed by atoms with Crippen molar-refractivity contribution in [1.82, 2.24) is 10.3 Å². The first kappa shape index (κ1) is 17.5. The fraction of sp³-hybridized carbons (Fsp3) is 0.100. The first-order valence-corrected chi connectivity index (χ1v) is 10.1. The van der Waals surface area contributed by atoms with Gasteiger partial charge in [-0.25, -0.2) is 4.98 Å². The molecule has 7 heteroatoms. The van der Waals surface area contributed by atoms with Crippen LogP contribution in [0.25, 0.3) is 11.5 Å². The van der Waals surface area contributed by atoms with E-state index in [1.165, 1.54) is 11.3 Å². The van der Waals surface area contributed by atoms with E-state index in [1.807, 2.05) is 35.0 Å². The first-order chi connectivity index (χ1) is 13.3. The molecular formula is C20H16N2O3S2. The lowest BCUT2D eigenvalue weighted by Crippen LogP contribution is -2.22. The Morgan fingerprint density at radius 1 is 1.11 bits per heavy atom. The quantitative estimate of drug-likeness (QED) is 0.479. The van der Waals surface area contributed by atoms with Gasteiger partial charge < -0.3 is 14.5 Å². The number of furan rings is 1. The summed E-state index contributed by atoms with van der Waals surface area (Å²) in [6, 6.07) is 14.8. The van der Waals surface area contributed by atoms with E-state index in [1.54, 1.807) is 41.9 Å². The zero-order valence-electron chi connectivity index (χ0n) is 14.3. The van der Waals surface area contributed by atoms with Crippen molar-refractivity contribution in [3.8, 4) is 17.2 Å². The number of nitrogens with zero attached hydrogens (tertiary/aromatic N) is 1. The molecule has 3 heterocycles. The Bertz CT molecular complexity index is 990. The largest absolute Gasteiger partial charge is 0.486 e. The molecule has 3 aromatic heterocycles. The van der Waals surface area contributed by atoms with Gasteiger partial charge in [0.2, 0.25) is 0 Å². The summed E-state index contributed by atoms with van der Waals surface area (Å²) >= 11 is 3.14. The average molecular weight is 396 g/mol. The fourth-order valence-electron chi connectivity index (χ4n) is 2.44. The van der Waals surface area contributed by atoms with Gasteiger partial charge in [-0.1, -0.05) is 6.07 Å². The number of ether oxygens (including phenoxy) is 1. The molecule has 4 rings (SSSR count). The molecule has 0 unspecified atom stereocenters. The minimum Gasteiger partial charge on any atom is -0.486 e. The van der Waals surface area contributed by atoms with Crippen LogP contribution in [0.5, 0.6) is 5.75 Å². The third-order valence-corrected chi connectivity index (χ3v) is 5.51. The van der Waals surface area contributed by atoms with Gasteiger partial charge in [-0.15, -0.1) is 22.7 Å². The van der Waals surface area contributed by atoms with Crippen molar-refractivity contribution >= 4 is 28.6 Å². The first-order valence-electron chi connectivity index (χ1n) is 8.30. The van der Waals surface area contributed by atoms with Gasteiger partial charge in [0.05, 0.1) is 12.8 Å². The van der Waals surface area contributed by atoms with E-state index in [0.717, 1.165) is 21.3 Å². The van der Waals surface area contributed by atoms with Crippen molar-refractivity contribution in [2.45, 2.75) is 13.2 Å². The number of carbonyl (C=O) groups excluding carboxylic acids is 1. The van der Waals surface area contributed by atoms with Crippen LogP contribution in [0.3, 0.4) is 0 Å². The van der Waals surface area contributed by atoms with Gasteiger partial charge in [-0.2, -0.15) is 0 Å². The zero-order valence-corrected chi connectivity index (χ0v) is 15.9. The van der Waals surface area contributed by atoms with Crippen LogP contribution in [0.2, 0.25) is 0 Å². The molecule has 0 radical (unpaired) electrons. The Morgan fingerprint density at radius 3 is 2.74 bits per heavy atom. The summed E-state index contributed by atoms with van der Waals surface area (Å²) in [6.45, 7) is 0.909. The molecule has 0 aliphatic heterocycles. The number of amides is 1. The van der Waals surface area contributed by atoms with Crippen molar-refractivity contribution in [3.05, 3.63) is 81.0 Å². The van der Waals surface area contributed by atoms with E-state index in [4.69, 9.17) is 9.15 Å². The molecule has 4 aromatic rings. The number of nitrogens with one attached hydrogen (secondary N) is 1. The number of hydrogen-bond donors (Lipinski definition) is 1. The Hall–Kier alpha value is -2.90. The minimum absolute atomic E-state index is 0.0991. The van der Waals surface area contributed by atoms with Gasteiger partial charge in [0.15, 0.2) is 5.76 Å². The second-order valence-electron chi connectivity index (χ2n) is 5.68. The normalized spacial score (nSPS) is 10.7. The van der Waals surface area contributed by atoms with E-state index in [2.05, 4.69) is 10.3 Å². The Balaban J connectivity index is 1.30. The summed E-state index contributed by atoms with van der Waals surface area (Å²) in [6.07, 6.45) is 1.63. The number of thiophene rings is 1. The second kappa shape index (κ2) is 8.20. The van der Waals surface area contributed by atoms with E-state index in [9.17, 15) is 4.79 Å². The van der Waals surface area contributed by atoms with Crippen molar-refractivity contribution in [2.24, 2.45) is 0 Å². The highest BCUT2D eigenvalue weighted by Crippen LogP contribution is 2.23. The monoisotopic (exact) mass is 396 g/mol. The minimum atomic E-state index is -0.0991. The predicted molar refractivity (Wildman–Crippen MR) is 106 cm³/mol. The summed E-state index contributed by atoms with van der Waals surface area (Å²) in [7, 11) is 0. The zero-order chi connectivity index (χ0) is 18.5. The molecule has 27 heavy (non-hydrogen) atoms. The molecule has 0 bridgehead atoms. The predicted octanol–water partition coefficient (Wildman–Crippen LogP) is 4.97. The molecule has 1 aromatic carbocycles. The summed E-state index contributed by atoms with van der Waals surface area (Å²) in [4.78, 5) is 17.8. The van der Waals surface area contributed by atoms with Crippen LogP contribution >= 0.6 is 22.7 Å². The van der Waals surface area contributed by atoms with Crippen molar-refractivity contribution in [2.75, 3.05) is 0 Å². The van der Waals surface area contributed by atoms with Gasteiger partial charge in [-0.3, -0.25) is 4.79 Å². The Labute approximate surface area is 164 Å². The van der Waals surface area contributed by atoms with Crippen molar-refractivity contribution in [1.29, 1.82) is 0 Å². The molecule has 5 nitrogen and oxygen atoms in total. The number of benzene rings is 1. The van der Waals surface area contributed by atoms with E-state index in [0.29, 0.717) is 24.5 Å². The van der Waals surface area contributed by atoms with E-state index < -0.39 is 0 Å². The molecule has 0 atom stereocenters. The highest BCUT2D eigenvalue weighted by Gasteiger charge is 2.09. The van der Waals surface area contributed by atoms with Crippen LogP contribution < -0.4 is 10.1 Å². The number of carbonyl (C=O) groups is 1. The molecule has 0 saturated heterocycles. The van der Waals surface area contributed by atoms with Crippen LogP contribution in [0.4, 0.5) is 0 Å². The molecule has 0 aliphatic rings. The SMILES string of the molecule is O=C(NCc1cccs1)c1ccc(OCc2nc(-c3ccco3)cs2)cc1. The maximum atomic E-state index is 12.2. The van der Waals surface area contributed by atoms with Gasteiger partial charge in [0.25, 0.3) is 5.91 Å². The van der Waals surface area contributed by atoms with E-state index >= 15 is 0 Å². The Morgan fingerprint density at radius 2 is 2.00 bits per heavy atom. The number of hydrogen-bond acceptors (Lipinski definition) is 6. The third-order valence-electron chi connectivity index (χ3n) is 3.81. The second-order valence-corrected chi connectivity index (χ2v) is 7.65. The van der Waals surface area contributed by atoms with Gasteiger partial charge in [0, 0.05) is 15.8 Å². The standard InChI is InChI=1S/C20H16N2O3S2/c23-20(21-11-16-3-2-10-26-16)14-5-7-15(8-6-14)25-12-19-22-17(13-27-19)18-4-1-9-24-18/h1-10,13H,11-12H2,(H,21,23). The van der Waals surface area contributed by atoms with Gasteiger partial charge in [0.1, 0.15) is 23.1 Å². The van der Waals surface area contributed by atoms with Gasteiger partial charge in [-0.05, 0) is 47.8 Å². The van der Waals surface area contributed by atoms with E-state index in [-0.39, 0.29) is 5.91 Å². The Kier molecular flexibility index (Phi) is 5.32. The molecule has 0 aliphatic carbocycles. The highest BCUT2D eigenvalue weighted by atomic mass is 32.1. The molecular weight excluding hydrogens is 380 g/mol. The molecule has 136 valence electrons. The van der Waals surface area contributed by atoms with Crippen molar-refractivity contribution in [3.63, 3.8) is 0 Å². The summed E-state index contributed by atoms with van der Waals surface area (Å²) in [5.74, 6) is 1.34. The van der Waals surface area contributed by atoms with Crippen LogP contribution in [-0.4, -0.2) is 10.9 Å². The molecule has 1 N–H and O–H groups in total. The lowest BCUT2D eigenvalue weighted by Gasteiger charge is -2.06. The summed E-state index contributed by atoms with van der Waals surface area (Å²) in [5.41, 5.74) is 1.41. The van der Waals surface area contributed by atoms with Crippen molar-refractivity contribution < 1.29 is 13.9 Å². The van der Waals surface area contributed by atoms with Crippen LogP contribution in [0, 0.1) is 0 Å². The maximum absolute atomic E-state index is 12.2. The average Bonchev–Trinajstić information content (AvgIpc) is 3.47. The number of thiazole rings is 1. The van der Waals surface area contributed by atoms with Crippen LogP contribution in [0.15, 0.2) is 70.0 Å². The number of aromatic nitrogens is 1. The molecule has 0 saturated carbocycles. The van der Waals surface area contributed by atoms with Gasteiger partial charge >= 0.3 is 0 Å². The summed E-state index contributed by atoms with van der Waals surface area (Å²) < 4.78 is 11.1. The molecule has 0 spiro atoms. The number of rotatable bonds is 7. The maximum Gasteiger partial charge on any atom is 0.251 e. The van der Waals surface area contributed by atoms with Crippen LogP contribution in [-0.2, 0) is 13.2 Å². The highest BCUT2D eigenvalue weighted by molar-refractivity contribution is 7.10. The molecule has 1 amide bonds. The topological polar surface area (TPSA) is 64.4 Å². The fourth-order valence-corrected chi connectivity index (χ4v) is 3.78. The lowest BCUT2D eigenvalue weighted by molar-refractivity contribution is 0.0951. The smallest absolute Gasteiger partial charge is 0.251 e. The van der Waals surface area contributed by atoms with Crippen LogP contribution in [0.1, 0.15) is 20.2 Å². The summed E-state index contributed by atoms with van der Waals surface area (Å²) in [5, 5.41) is 7.71. The molecule has 0 fully saturated rings. The third kappa shape index (κ3) is 4.45.